The number of rotatable bonds is 18. The number of unbranched alkanes of at least 4 members (excludes halogenated alkanes) is 11. The molecule has 0 aliphatic carbocycles. The maximum Gasteiger partial charge on any atom is 1.00 e. The van der Waals surface area contributed by atoms with Gasteiger partial charge in [0.15, 0.2) is 0 Å². The molecule has 0 aliphatic heterocycles. The predicted molar refractivity (Wildman–Crippen MR) is 115 cm³/mol. The van der Waals surface area contributed by atoms with Gasteiger partial charge >= 0.3 is 29.6 Å². The zero-order chi connectivity index (χ0) is 21.5. The first-order valence-electron chi connectivity index (χ1n) is 10.8. The van der Waals surface area contributed by atoms with Crippen molar-refractivity contribution >= 4 is 16.1 Å². The van der Waals surface area contributed by atoms with Crippen molar-refractivity contribution in [2.75, 3.05) is 19.3 Å². The molecule has 0 bridgehead atoms. The van der Waals surface area contributed by atoms with E-state index >= 15 is 0 Å². The first-order valence-corrected chi connectivity index (χ1v) is 12.4. The number of allylic oxidation sites excluding steroid dienone is 2. The van der Waals surface area contributed by atoms with Gasteiger partial charge in [-0.25, -0.2) is 0 Å². The van der Waals surface area contributed by atoms with E-state index in [0.29, 0.717) is 6.54 Å². The fraction of sp³-hybridized carbons (Fsp3) is 0.857. The molecule has 0 aromatic rings. The van der Waals surface area contributed by atoms with Crippen molar-refractivity contribution in [3.8, 4) is 0 Å². The molecular weight excluding hydrogens is 401 g/mol. The van der Waals surface area contributed by atoms with E-state index in [0.717, 1.165) is 19.3 Å². The average molecular weight is 444 g/mol. The van der Waals surface area contributed by atoms with Gasteiger partial charge in [-0.3, -0.25) is 4.55 Å². The van der Waals surface area contributed by atoms with E-state index in [1.807, 2.05) is 0 Å². The Morgan fingerprint density at radius 3 is 1.72 bits per heavy atom. The first kappa shape index (κ1) is 33.7. The van der Waals surface area contributed by atoms with E-state index in [1.54, 1.807) is 7.05 Å². The summed E-state index contributed by atoms with van der Waals surface area (Å²) in [6, 6.07) is 0. The van der Waals surface area contributed by atoms with Crippen LogP contribution >= 0.6 is 0 Å². The number of aliphatic carboxylic acids is 1. The summed E-state index contributed by atoms with van der Waals surface area (Å²) in [5.41, 5.74) is 0. The van der Waals surface area contributed by atoms with E-state index < -0.39 is 16.1 Å². The van der Waals surface area contributed by atoms with Crippen molar-refractivity contribution < 1.29 is 52.4 Å². The summed E-state index contributed by atoms with van der Waals surface area (Å²) in [5.74, 6) is -1.13. The van der Waals surface area contributed by atoms with Crippen LogP contribution in [-0.4, -0.2) is 38.3 Å². The van der Waals surface area contributed by atoms with Gasteiger partial charge in [-0.1, -0.05) is 70.4 Å². The van der Waals surface area contributed by atoms with Crippen LogP contribution in [-0.2, 0) is 14.9 Å². The molecule has 168 valence electrons. The number of carbonyl (C=O) groups excluding carboxylic acids is 1. The molecule has 0 fully saturated rings. The molecule has 0 aliphatic rings. The van der Waals surface area contributed by atoms with Gasteiger partial charge in [-0.15, -0.1) is 0 Å². The molecule has 0 aromatic carbocycles. The van der Waals surface area contributed by atoms with E-state index in [9.17, 15) is 18.3 Å². The number of carboxylic acid groups (broad SMARTS) is 1. The van der Waals surface area contributed by atoms with Crippen LogP contribution < -0.4 is 40.0 Å². The molecule has 0 heterocycles. The van der Waals surface area contributed by atoms with Crippen LogP contribution in [0.25, 0.3) is 0 Å². The fourth-order valence-electron chi connectivity index (χ4n) is 2.57. The molecule has 8 heteroatoms. The minimum Gasteiger partial charge on any atom is -0.550 e. The summed E-state index contributed by atoms with van der Waals surface area (Å²) in [6.07, 6.45) is 20.9. The number of hydrogen-bond donors (Lipinski definition) is 2. The topological polar surface area (TPSA) is 107 Å². The molecule has 2 N–H and O–H groups in total. The second kappa shape index (κ2) is 26.1. The van der Waals surface area contributed by atoms with Gasteiger partial charge in [0.2, 0.25) is 0 Å². The molecule has 0 saturated heterocycles. The molecule has 0 rings (SSSR count). The number of nitrogens with one attached hydrogen (secondary N) is 1. The Kier molecular flexibility index (Phi) is 30.4. The average Bonchev–Trinajstić information content (AvgIpc) is 2.63. The summed E-state index contributed by atoms with van der Waals surface area (Å²) in [4.78, 5) is 10.2. The van der Waals surface area contributed by atoms with Crippen LogP contribution in [0, 0.1) is 0 Å². The molecule has 0 aromatic heterocycles. The van der Waals surface area contributed by atoms with Crippen molar-refractivity contribution in [2.24, 2.45) is 0 Å². The standard InChI is InChI=1S/C18H34O2.C3H9NO3S.Na/c1-2-3-4-5-6-7-8-9-10-11-12-13-14-15-16-17-18(19)20;1-4-2-3-8(5,6)7;/h9-10H,2-8,11-17H2,1H3,(H,19,20);4H,2-3H2,1H3,(H,5,6,7);/q;;+1/p-1/b10-9-;;. The van der Waals surface area contributed by atoms with Crippen molar-refractivity contribution in [1.29, 1.82) is 0 Å². The first-order chi connectivity index (χ1) is 13.3. The number of hydrogen-bond acceptors (Lipinski definition) is 5. The summed E-state index contributed by atoms with van der Waals surface area (Å²) in [6.45, 7) is 2.55. The fourth-order valence-corrected chi connectivity index (χ4v) is 3.03. The van der Waals surface area contributed by atoms with Gasteiger partial charge in [0.05, 0.1) is 5.75 Å². The SMILES string of the molecule is CCCCCCCC/C=C\CCCCCCCC(=O)[O-].CNCCS(=O)(=O)O.[Na+]. The minimum atomic E-state index is -3.75. The van der Waals surface area contributed by atoms with E-state index in [1.165, 1.54) is 64.2 Å². The van der Waals surface area contributed by atoms with E-state index in [2.05, 4.69) is 24.4 Å². The zero-order valence-electron chi connectivity index (χ0n) is 19.0. The van der Waals surface area contributed by atoms with Gasteiger partial charge in [0, 0.05) is 12.5 Å². The molecule has 0 unspecified atom stereocenters. The largest absolute Gasteiger partial charge is 1.00 e. The van der Waals surface area contributed by atoms with Gasteiger partial charge in [-0.05, 0) is 45.6 Å². The van der Waals surface area contributed by atoms with Crippen LogP contribution in [0.4, 0.5) is 0 Å². The van der Waals surface area contributed by atoms with E-state index in [-0.39, 0.29) is 41.7 Å². The Labute approximate surface area is 201 Å². The van der Waals surface area contributed by atoms with Crippen molar-refractivity contribution in [3.63, 3.8) is 0 Å². The molecular formula is C21H42NNaO5S. The predicted octanol–water partition coefficient (Wildman–Crippen LogP) is 0.871. The van der Waals surface area contributed by atoms with E-state index in [4.69, 9.17) is 4.55 Å². The second-order valence-corrected chi connectivity index (χ2v) is 8.67. The third-order valence-corrected chi connectivity index (χ3v) is 4.97. The van der Waals surface area contributed by atoms with Gasteiger partial charge in [-0.2, -0.15) is 8.42 Å². The van der Waals surface area contributed by atoms with Gasteiger partial charge < -0.3 is 15.2 Å². The summed E-state index contributed by atoms with van der Waals surface area (Å²) >= 11 is 0. The Morgan fingerprint density at radius 1 is 0.897 bits per heavy atom. The van der Waals surface area contributed by atoms with Gasteiger partial charge in [0.1, 0.15) is 0 Å². The van der Waals surface area contributed by atoms with Crippen LogP contribution in [0.5, 0.6) is 0 Å². The molecule has 0 spiro atoms. The zero-order valence-corrected chi connectivity index (χ0v) is 21.8. The van der Waals surface area contributed by atoms with Crippen LogP contribution in [0.3, 0.4) is 0 Å². The molecule has 0 atom stereocenters. The van der Waals surface area contributed by atoms with Crippen molar-refractivity contribution in [3.05, 3.63) is 12.2 Å². The summed E-state index contributed by atoms with van der Waals surface area (Å²) < 4.78 is 27.9. The normalized spacial score (nSPS) is 11.0. The smallest absolute Gasteiger partial charge is 0.550 e. The molecule has 0 saturated carbocycles. The van der Waals surface area contributed by atoms with Crippen molar-refractivity contribution in [2.45, 2.75) is 96.8 Å². The molecule has 0 radical (unpaired) electrons. The van der Waals surface area contributed by atoms with Crippen molar-refractivity contribution in [1.82, 2.24) is 5.32 Å². The minimum absolute atomic E-state index is 0. The summed E-state index contributed by atoms with van der Waals surface area (Å²) in [7, 11) is -2.13. The molecule has 29 heavy (non-hydrogen) atoms. The van der Waals surface area contributed by atoms with Crippen LogP contribution in [0.15, 0.2) is 12.2 Å². The Bertz CT molecular complexity index is 470. The van der Waals surface area contributed by atoms with Crippen LogP contribution in [0.1, 0.15) is 96.8 Å². The quantitative estimate of drug-likeness (QED) is 0.141. The van der Waals surface area contributed by atoms with Gasteiger partial charge in [0.25, 0.3) is 10.1 Å². The number of carbonyl (C=O) groups is 1. The maximum absolute atomic E-state index is 10.2. The Hall–Kier alpha value is 0.0800. The summed E-state index contributed by atoms with van der Waals surface area (Å²) in [5, 5.41) is 12.8. The third kappa shape index (κ3) is 39.2. The van der Waals surface area contributed by atoms with Crippen LogP contribution in [0.2, 0.25) is 0 Å². The Balaban J connectivity index is -0.000000636. The molecule has 0 amide bonds. The third-order valence-electron chi connectivity index (χ3n) is 4.25. The maximum atomic E-state index is 10.2. The number of carboxylic acids is 1. The monoisotopic (exact) mass is 443 g/mol. The second-order valence-electron chi connectivity index (χ2n) is 7.10. The molecule has 6 nitrogen and oxygen atoms in total. The Morgan fingerprint density at radius 2 is 1.34 bits per heavy atom.